The third kappa shape index (κ3) is 5.19. The summed E-state index contributed by atoms with van der Waals surface area (Å²) in [7, 11) is 0. The predicted octanol–water partition coefficient (Wildman–Crippen LogP) is 3.95. The Labute approximate surface area is 154 Å². The molecule has 6 heteroatoms. The summed E-state index contributed by atoms with van der Waals surface area (Å²) in [5.41, 5.74) is -0.555. The molecule has 5 nitrogen and oxygen atoms in total. The quantitative estimate of drug-likeness (QED) is 0.758. The Balaban J connectivity index is 2.13. The number of halogens is 1. The Kier molecular flexibility index (Phi) is 6.26. The fourth-order valence-electron chi connectivity index (χ4n) is 3.22. The van der Waals surface area contributed by atoms with E-state index in [2.05, 4.69) is 0 Å². The van der Waals surface area contributed by atoms with Gasteiger partial charge in [0, 0.05) is 13.1 Å². The van der Waals surface area contributed by atoms with Crippen LogP contribution in [0.15, 0.2) is 24.3 Å². The highest BCUT2D eigenvalue weighted by Crippen LogP contribution is 2.37. The van der Waals surface area contributed by atoms with E-state index < -0.39 is 11.0 Å². The maximum atomic E-state index is 13.5. The number of esters is 1. The number of nitrogens with zero attached hydrogens (tertiary/aromatic N) is 1. The monoisotopic (exact) mass is 365 g/mol. The van der Waals surface area contributed by atoms with Crippen LogP contribution in [0.4, 0.5) is 9.18 Å². The van der Waals surface area contributed by atoms with Crippen molar-refractivity contribution in [3.05, 3.63) is 35.6 Å². The molecule has 0 radical (unpaired) electrons. The number of ether oxygens (including phenoxy) is 2. The van der Waals surface area contributed by atoms with E-state index in [-0.39, 0.29) is 17.9 Å². The van der Waals surface area contributed by atoms with Crippen molar-refractivity contribution in [2.24, 2.45) is 5.41 Å². The summed E-state index contributed by atoms with van der Waals surface area (Å²) in [6, 6.07) is 6.27. The average molecular weight is 365 g/mol. The summed E-state index contributed by atoms with van der Waals surface area (Å²) in [6.07, 6.45) is 0.940. The summed E-state index contributed by atoms with van der Waals surface area (Å²) in [5.74, 6) is -0.610. The standard InChI is InChI=1S/C20H28FNO4/c1-5-25-17(23)20(14-15-7-6-8-16(21)13-15)9-11-22(12-10-20)18(24)26-19(2,3)4/h6-8,13H,5,9-12,14H2,1-4H3. The number of carbonyl (C=O) groups is 2. The number of hydrogen-bond donors (Lipinski definition) is 0. The summed E-state index contributed by atoms with van der Waals surface area (Å²) >= 11 is 0. The summed E-state index contributed by atoms with van der Waals surface area (Å²) in [4.78, 5) is 26.5. The van der Waals surface area contributed by atoms with Gasteiger partial charge in [0.05, 0.1) is 12.0 Å². The summed E-state index contributed by atoms with van der Waals surface area (Å²) in [5, 5.41) is 0. The van der Waals surface area contributed by atoms with Crippen LogP contribution in [0.5, 0.6) is 0 Å². The van der Waals surface area contributed by atoms with E-state index in [1.807, 2.05) is 26.8 Å². The van der Waals surface area contributed by atoms with E-state index in [0.29, 0.717) is 39.0 Å². The zero-order valence-electron chi connectivity index (χ0n) is 16.0. The molecule has 0 bridgehead atoms. The Morgan fingerprint density at radius 3 is 2.42 bits per heavy atom. The molecule has 0 saturated carbocycles. The molecule has 0 unspecified atom stereocenters. The van der Waals surface area contributed by atoms with Gasteiger partial charge in [0.1, 0.15) is 11.4 Å². The molecule has 144 valence electrons. The molecule has 1 aromatic carbocycles. The van der Waals surface area contributed by atoms with Gasteiger partial charge in [0.15, 0.2) is 0 Å². The van der Waals surface area contributed by atoms with Gasteiger partial charge in [-0.05, 0) is 64.7 Å². The molecule has 0 aliphatic carbocycles. The van der Waals surface area contributed by atoms with E-state index in [1.165, 1.54) is 12.1 Å². The zero-order valence-corrected chi connectivity index (χ0v) is 16.0. The second-order valence-corrected chi connectivity index (χ2v) is 7.77. The molecule has 2 rings (SSSR count). The van der Waals surface area contributed by atoms with E-state index in [0.717, 1.165) is 5.56 Å². The van der Waals surface area contributed by atoms with E-state index in [4.69, 9.17) is 9.47 Å². The number of carbonyl (C=O) groups excluding carboxylic acids is 2. The summed E-state index contributed by atoms with van der Waals surface area (Å²) < 4.78 is 24.2. The van der Waals surface area contributed by atoms with Crippen LogP contribution < -0.4 is 0 Å². The van der Waals surface area contributed by atoms with Crippen LogP contribution >= 0.6 is 0 Å². The number of rotatable bonds is 4. The lowest BCUT2D eigenvalue weighted by atomic mass is 9.73. The first-order valence-corrected chi connectivity index (χ1v) is 9.05. The van der Waals surface area contributed by atoms with E-state index in [9.17, 15) is 14.0 Å². The van der Waals surface area contributed by atoms with Crippen molar-refractivity contribution in [2.75, 3.05) is 19.7 Å². The fraction of sp³-hybridized carbons (Fsp3) is 0.600. The molecule has 0 atom stereocenters. The Morgan fingerprint density at radius 2 is 1.88 bits per heavy atom. The number of benzene rings is 1. The molecule has 1 fully saturated rings. The highest BCUT2D eigenvalue weighted by Gasteiger charge is 2.44. The van der Waals surface area contributed by atoms with Gasteiger partial charge in [-0.2, -0.15) is 0 Å². The third-order valence-corrected chi connectivity index (χ3v) is 4.51. The van der Waals surface area contributed by atoms with Crippen molar-refractivity contribution in [3.8, 4) is 0 Å². The first-order chi connectivity index (χ1) is 12.1. The maximum Gasteiger partial charge on any atom is 0.410 e. The molecule has 1 heterocycles. The fourth-order valence-corrected chi connectivity index (χ4v) is 3.22. The highest BCUT2D eigenvalue weighted by molar-refractivity contribution is 5.78. The van der Waals surface area contributed by atoms with Crippen LogP contribution in [0.3, 0.4) is 0 Å². The average Bonchev–Trinajstić information content (AvgIpc) is 2.54. The van der Waals surface area contributed by atoms with Crippen LogP contribution in [0.2, 0.25) is 0 Å². The molecule has 1 saturated heterocycles. The first-order valence-electron chi connectivity index (χ1n) is 9.05. The molecule has 1 aliphatic heterocycles. The second-order valence-electron chi connectivity index (χ2n) is 7.77. The second kappa shape index (κ2) is 8.06. The van der Waals surface area contributed by atoms with Gasteiger partial charge >= 0.3 is 12.1 Å². The van der Waals surface area contributed by atoms with Gasteiger partial charge in [-0.15, -0.1) is 0 Å². The summed E-state index contributed by atoms with van der Waals surface area (Å²) in [6.45, 7) is 8.33. The van der Waals surface area contributed by atoms with Crippen molar-refractivity contribution in [1.29, 1.82) is 0 Å². The van der Waals surface area contributed by atoms with Gasteiger partial charge in [0.25, 0.3) is 0 Å². The van der Waals surface area contributed by atoms with E-state index in [1.54, 1.807) is 17.9 Å². The molecule has 1 aliphatic rings. The SMILES string of the molecule is CCOC(=O)C1(Cc2cccc(F)c2)CCN(C(=O)OC(C)(C)C)CC1. The smallest absolute Gasteiger partial charge is 0.410 e. The molecule has 1 amide bonds. The number of amides is 1. The van der Waals surface area contributed by atoms with Crippen LogP contribution in [-0.4, -0.2) is 42.3 Å². The topological polar surface area (TPSA) is 55.8 Å². The minimum absolute atomic E-state index is 0.284. The first kappa shape index (κ1) is 20.2. The Bertz CT molecular complexity index is 645. The lowest BCUT2D eigenvalue weighted by Crippen LogP contribution is -2.49. The lowest BCUT2D eigenvalue weighted by molar-refractivity contribution is -0.158. The van der Waals surface area contributed by atoms with Gasteiger partial charge in [-0.3, -0.25) is 4.79 Å². The van der Waals surface area contributed by atoms with Crippen LogP contribution in [0, 0.1) is 11.2 Å². The predicted molar refractivity (Wildman–Crippen MR) is 96.2 cm³/mol. The Hall–Kier alpha value is -2.11. The van der Waals surface area contributed by atoms with Crippen molar-refractivity contribution in [1.82, 2.24) is 4.90 Å². The Morgan fingerprint density at radius 1 is 1.23 bits per heavy atom. The molecular weight excluding hydrogens is 337 g/mol. The maximum absolute atomic E-state index is 13.5. The zero-order chi connectivity index (χ0) is 19.4. The lowest BCUT2D eigenvalue weighted by Gasteiger charge is -2.40. The van der Waals surface area contributed by atoms with Gasteiger partial charge < -0.3 is 14.4 Å². The van der Waals surface area contributed by atoms with Crippen molar-refractivity contribution in [3.63, 3.8) is 0 Å². The number of piperidine rings is 1. The van der Waals surface area contributed by atoms with Crippen molar-refractivity contribution in [2.45, 2.75) is 52.6 Å². The van der Waals surface area contributed by atoms with Crippen LogP contribution in [-0.2, 0) is 20.7 Å². The van der Waals surface area contributed by atoms with Crippen LogP contribution in [0.1, 0.15) is 46.1 Å². The normalized spacial score (nSPS) is 16.9. The van der Waals surface area contributed by atoms with Gasteiger partial charge in [0.2, 0.25) is 0 Å². The molecule has 1 aromatic rings. The largest absolute Gasteiger partial charge is 0.466 e. The van der Waals surface area contributed by atoms with E-state index >= 15 is 0 Å². The van der Waals surface area contributed by atoms with Gasteiger partial charge in [-0.25, -0.2) is 9.18 Å². The number of hydrogen-bond acceptors (Lipinski definition) is 4. The third-order valence-electron chi connectivity index (χ3n) is 4.51. The van der Waals surface area contributed by atoms with Crippen molar-refractivity contribution >= 4 is 12.1 Å². The minimum atomic E-state index is -0.748. The van der Waals surface area contributed by atoms with Gasteiger partial charge in [-0.1, -0.05) is 12.1 Å². The molecular formula is C20H28FNO4. The molecule has 26 heavy (non-hydrogen) atoms. The minimum Gasteiger partial charge on any atom is -0.466 e. The highest BCUT2D eigenvalue weighted by atomic mass is 19.1. The number of likely N-dealkylation sites (tertiary alicyclic amines) is 1. The molecule has 0 N–H and O–H groups in total. The van der Waals surface area contributed by atoms with Crippen LogP contribution in [0.25, 0.3) is 0 Å². The molecule has 0 spiro atoms. The van der Waals surface area contributed by atoms with Crippen molar-refractivity contribution < 1.29 is 23.5 Å². The molecule has 0 aromatic heterocycles.